The Morgan fingerprint density at radius 2 is 1.65 bits per heavy atom. The molecule has 23 heavy (non-hydrogen) atoms. The standard InChI is InChI=1S/C19H23NO2S/c1-3-20(17-12-8-5-9-13-17)19(22)15(2)23-14-18(21)16-10-6-4-7-11-16/h4-13,15,18,21H,3,14H2,1-2H3. The van der Waals surface area contributed by atoms with Crippen LogP contribution in [0.25, 0.3) is 0 Å². The van der Waals surface area contributed by atoms with Gasteiger partial charge >= 0.3 is 0 Å². The molecule has 2 aromatic carbocycles. The molecule has 0 aliphatic carbocycles. The Morgan fingerprint density at radius 1 is 1.09 bits per heavy atom. The van der Waals surface area contributed by atoms with Crippen LogP contribution in [0.15, 0.2) is 60.7 Å². The summed E-state index contributed by atoms with van der Waals surface area (Å²) in [5.41, 5.74) is 1.80. The SMILES string of the molecule is CCN(C(=O)C(C)SCC(O)c1ccccc1)c1ccccc1. The fourth-order valence-electron chi connectivity index (χ4n) is 2.37. The highest BCUT2D eigenvalue weighted by Gasteiger charge is 2.22. The summed E-state index contributed by atoms with van der Waals surface area (Å²) in [6.07, 6.45) is -0.553. The first kappa shape index (κ1) is 17.6. The van der Waals surface area contributed by atoms with E-state index in [4.69, 9.17) is 0 Å². The van der Waals surface area contributed by atoms with E-state index >= 15 is 0 Å². The number of rotatable bonds is 7. The van der Waals surface area contributed by atoms with Crippen molar-refractivity contribution in [2.24, 2.45) is 0 Å². The average Bonchev–Trinajstić information content (AvgIpc) is 2.61. The molecule has 2 aromatic rings. The van der Waals surface area contributed by atoms with Crippen LogP contribution < -0.4 is 4.90 Å². The third kappa shape index (κ3) is 4.85. The molecule has 0 saturated heterocycles. The number of aliphatic hydroxyl groups is 1. The predicted octanol–water partition coefficient (Wildman–Crippen LogP) is 3.89. The van der Waals surface area contributed by atoms with Crippen LogP contribution in [-0.4, -0.2) is 28.6 Å². The van der Waals surface area contributed by atoms with Gasteiger partial charge in [0, 0.05) is 18.0 Å². The van der Waals surface area contributed by atoms with Gasteiger partial charge in [0.1, 0.15) is 0 Å². The second kappa shape index (κ2) is 8.75. The molecule has 2 atom stereocenters. The zero-order valence-electron chi connectivity index (χ0n) is 13.6. The maximum absolute atomic E-state index is 12.6. The van der Waals surface area contributed by atoms with E-state index in [1.165, 1.54) is 11.8 Å². The van der Waals surface area contributed by atoms with Crippen molar-refractivity contribution in [3.8, 4) is 0 Å². The van der Waals surface area contributed by atoms with Crippen LogP contribution in [0.4, 0.5) is 5.69 Å². The van der Waals surface area contributed by atoms with E-state index in [-0.39, 0.29) is 11.2 Å². The maximum atomic E-state index is 12.6. The molecule has 0 saturated carbocycles. The summed E-state index contributed by atoms with van der Waals surface area (Å²) in [5.74, 6) is 0.576. The summed E-state index contributed by atoms with van der Waals surface area (Å²) in [4.78, 5) is 14.4. The molecule has 0 fully saturated rings. The third-order valence-electron chi connectivity index (χ3n) is 3.69. The third-order valence-corrected chi connectivity index (χ3v) is 4.90. The number of hydrogen-bond acceptors (Lipinski definition) is 3. The molecule has 1 N–H and O–H groups in total. The van der Waals surface area contributed by atoms with Gasteiger partial charge in [0.15, 0.2) is 0 Å². The summed E-state index contributed by atoms with van der Waals surface area (Å²) in [6, 6.07) is 19.2. The quantitative estimate of drug-likeness (QED) is 0.837. The fraction of sp³-hybridized carbons (Fsp3) is 0.316. The molecule has 2 rings (SSSR count). The zero-order chi connectivity index (χ0) is 16.7. The number of anilines is 1. The van der Waals surface area contributed by atoms with Gasteiger partial charge < -0.3 is 10.0 Å². The van der Waals surface area contributed by atoms with Crippen LogP contribution in [0.5, 0.6) is 0 Å². The molecular formula is C19H23NO2S. The van der Waals surface area contributed by atoms with Gasteiger partial charge in [-0.05, 0) is 31.5 Å². The molecule has 4 heteroatoms. The molecule has 0 spiro atoms. The fourth-order valence-corrected chi connectivity index (χ4v) is 3.30. The highest BCUT2D eigenvalue weighted by atomic mass is 32.2. The van der Waals surface area contributed by atoms with E-state index in [0.717, 1.165) is 11.3 Å². The van der Waals surface area contributed by atoms with Crippen LogP contribution in [-0.2, 0) is 4.79 Å². The van der Waals surface area contributed by atoms with E-state index in [9.17, 15) is 9.90 Å². The van der Waals surface area contributed by atoms with Crippen molar-refractivity contribution >= 4 is 23.4 Å². The van der Waals surface area contributed by atoms with Gasteiger partial charge in [-0.2, -0.15) is 0 Å². The molecule has 2 unspecified atom stereocenters. The highest BCUT2D eigenvalue weighted by molar-refractivity contribution is 8.00. The molecule has 0 aliphatic heterocycles. The van der Waals surface area contributed by atoms with Crippen molar-refractivity contribution in [1.29, 1.82) is 0 Å². The van der Waals surface area contributed by atoms with Crippen LogP contribution in [0.3, 0.4) is 0 Å². The summed E-state index contributed by atoms with van der Waals surface area (Å²) >= 11 is 1.48. The van der Waals surface area contributed by atoms with Crippen molar-refractivity contribution in [2.75, 3.05) is 17.2 Å². The lowest BCUT2D eigenvalue weighted by molar-refractivity contribution is -0.117. The lowest BCUT2D eigenvalue weighted by Gasteiger charge is -2.25. The largest absolute Gasteiger partial charge is 0.388 e. The Hall–Kier alpha value is -1.78. The first-order valence-corrected chi connectivity index (χ1v) is 8.89. The number of hydrogen-bond donors (Lipinski definition) is 1. The first-order valence-electron chi connectivity index (χ1n) is 7.84. The number of aliphatic hydroxyl groups excluding tert-OH is 1. The Bertz CT molecular complexity index is 603. The minimum Gasteiger partial charge on any atom is -0.388 e. The highest BCUT2D eigenvalue weighted by Crippen LogP contribution is 2.24. The second-order valence-corrected chi connectivity index (χ2v) is 6.69. The summed E-state index contributed by atoms with van der Waals surface area (Å²) < 4.78 is 0. The number of amides is 1. The van der Waals surface area contributed by atoms with Crippen molar-refractivity contribution in [2.45, 2.75) is 25.2 Å². The molecule has 1 amide bonds. The summed E-state index contributed by atoms with van der Waals surface area (Å²) in [7, 11) is 0. The number of carbonyl (C=O) groups excluding carboxylic acids is 1. The Kier molecular flexibility index (Phi) is 6.68. The van der Waals surface area contributed by atoms with E-state index < -0.39 is 6.10 Å². The zero-order valence-corrected chi connectivity index (χ0v) is 14.4. The Morgan fingerprint density at radius 3 is 2.22 bits per heavy atom. The van der Waals surface area contributed by atoms with Gasteiger partial charge in [0.2, 0.25) is 5.91 Å². The van der Waals surface area contributed by atoms with Gasteiger partial charge in [0.25, 0.3) is 0 Å². The number of benzene rings is 2. The number of para-hydroxylation sites is 1. The molecule has 122 valence electrons. The van der Waals surface area contributed by atoms with Gasteiger partial charge in [-0.3, -0.25) is 4.79 Å². The second-order valence-electron chi connectivity index (χ2n) is 5.32. The number of carbonyl (C=O) groups is 1. The van der Waals surface area contributed by atoms with E-state index in [1.807, 2.05) is 74.5 Å². The van der Waals surface area contributed by atoms with Crippen molar-refractivity contribution in [3.63, 3.8) is 0 Å². The van der Waals surface area contributed by atoms with Gasteiger partial charge in [-0.15, -0.1) is 11.8 Å². The predicted molar refractivity (Wildman–Crippen MR) is 97.8 cm³/mol. The van der Waals surface area contributed by atoms with E-state index in [0.29, 0.717) is 12.3 Å². The van der Waals surface area contributed by atoms with Gasteiger partial charge in [-0.1, -0.05) is 48.5 Å². The van der Waals surface area contributed by atoms with Crippen molar-refractivity contribution in [1.82, 2.24) is 0 Å². The average molecular weight is 329 g/mol. The molecule has 0 aromatic heterocycles. The first-order chi connectivity index (χ1) is 11.1. The number of nitrogens with zero attached hydrogens (tertiary/aromatic N) is 1. The summed E-state index contributed by atoms with van der Waals surface area (Å²) in [6.45, 7) is 4.51. The number of thioether (sulfide) groups is 1. The lowest BCUT2D eigenvalue weighted by atomic mass is 10.1. The van der Waals surface area contributed by atoms with Crippen molar-refractivity contribution in [3.05, 3.63) is 66.2 Å². The topological polar surface area (TPSA) is 40.5 Å². The van der Waals surface area contributed by atoms with Crippen LogP contribution in [0.1, 0.15) is 25.5 Å². The maximum Gasteiger partial charge on any atom is 0.239 e. The minimum absolute atomic E-state index is 0.0731. The molecule has 0 radical (unpaired) electrons. The Balaban J connectivity index is 1.94. The van der Waals surface area contributed by atoms with Crippen molar-refractivity contribution < 1.29 is 9.90 Å². The lowest BCUT2D eigenvalue weighted by Crippen LogP contribution is -2.36. The van der Waals surface area contributed by atoms with Crippen LogP contribution in [0, 0.1) is 0 Å². The van der Waals surface area contributed by atoms with Gasteiger partial charge in [-0.25, -0.2) is 0 Å². The minimum atomic E-state index is -0.553. The molecule has 3 nitrogen and oxygen atoms in total. The van der Waals surface area contributed by atoms with E-state index in [2.05, 4.69) is 0 Å². The molecule has 0 bridgehead atoms. The molecule has 0 heterocycles. The van der Waals surface area contributed by atoms with E-state index in [1.54, 1.807) is 4.90 Å². The van der Waals surface area contributed by atoms with Gasteiger partial charge in [0.05, 0.1) is 11.4 Å². The Labute approximate surface area is 142 Å². The molecular weight excluding hydrogens is 306 g/mol. The normalized spacial score (nSPS) is 13.3. The molecule has 0 aliphatic rings. The summed E-state index contributed by atoms with van der Waals surface area (Å²) in [5, 5.41) is 10.0. The van der Waals surface area contributed by atoms with Crippen LogP contribution >= 0.6 is 11.8 Å². The smallest absolute Gasteiger partial charge is 0.239 e. The monoisotopic (exact) mass is 329 g/mol. The van der Waals surface area contributed by atoms with Crippen LogP contribution in [0.2, 0.25) is 0 Å².